The number of hydrogen-bond donors (Lipinski definition) is 1. The molecule has 1 aliphatic heterocycles. The summed E-state index contributed by atoms with van der Waals surface area (Å²) >= 11 is 0. The summed E-state index contributed by atoms with van der Waals surface area (Å²) in [4.78, 5) is 13.1. The van der Waals surface area contributed by atoms with Crippen molar-refractivity contribution in [2.45, 2.75) is 25.4 Å². The van der Waals surface area contributed by atoms with Crippen molar-refractivity contribution in [2.75, 3.05) is 5.32 Å². The Morgan fingerprint density at radius 3 is 2.93 bits per heavy atom. The van der Waals surface area contributed by atoms with E-state index in [9.17, 15) is 8.78 Å². The van der Waals surface area contributed by atoms with E-state index in [0.717, 1.165) is 47.9 Å². The summed E-state index contributed by atoms with van der Waals surface area (Å²) in [5.41, 5.74) is 2.75. The van der Waals surface area contributed by atoms with Crippen molar-refractivity contribution in [3.05, 3.63) is 72.6 Å². The molecule has 140 valence electrons. The molecule has 1 unspecified atom stereocenters. The molecule has 1 aromatic carbocycles. The number of aryl methyl sites for hydroxylation is 1. The fourth-order valence-corrected chi connectivity index (χ4v) is 3.72. The van der Waals surface area contributed by atoms with Gasteiger partial charge in [0, 0.05) is 66.5 Å². The van der Waals surface area contributed by atoms with Gasteiger partial charge in [0.1, 0.15) is 17.5 Å². The van der Waals surface area contributed by atoms with E-state index < -0.39 is 11.6 Å². The Bertz CT molecular complexity index is 1170. The summed E-state index contributed by atoms with van der Waals surface area (Å²) in [5.74, 6) is -0.271. The Balaban J connectivity index is 1.40. The number of imidazole rings is 1. The minimum absolute atomic E-state index is 0.207. The van der Waals surface area contributed by atoms with Gasteiger partial charge >= 0.3 is 0 Å². The van der Waals surface area contributed by atoms with Gasteiger partial charge in [-0.3, -0.25) is 9.97 Å². The lowest BCUT2D eigenvalue weighted by Gasteiger charge is -2.26. The zero-order valence-electron chi connectivity index (χ0n) is 14.9. The highest BCUT2D eigenvalue weighted by molar-refractivity contribution is 5.90. The molecule has 1 atom stereocenters. The maximum Gasteiger partial charge on any atom is 0.135 e. The van der Waals surface area contributed by atoms with Crippen LogP contribution in [-0.4, -0.2) is 25.6 Å². The van der Waals surface area contributed by atoms with E-state index in [1.165, 1.54) is 12.1 Å². The molecule has 0 radical (unpaired) electrons. The predicted molar refractivity (Wildman–Crippen MR) is 103 cm³/mol. The first-order chi connectivity index (χ1) is 13.7. The van der Waals surface area contributed by atoms with E-state index >= 15 is 0 Å². The first-order valence-corrected chi connectivity index (χ1v) is 9.14. The summed E-state index contributed by atoms with van der Waals surface area (Å²) in [5, 5.41) is 4.56. The van der Waals surface area contributed by atoms with Crippen LogP contribution in [0.1, 0.15) is 12.2 Å². The molecule has 7 heteroatoms. The van der Waals surface area contributed by atoms with Crippen LogP contribution in [0.15, 0.2) is 55.1 Å². The number of anilines is 1. The molecule has 0 saturated carbocycles. The summed E-state index contributed by atoms with van der Waals surface area (Å²) in [6.45, 7) is 0.717. The molecule has 3 aromatic heterocycles. The molecule has 4 aromatic rings. The Labute approximate surface area is 160 Å². The zero-order valence-corrected chi connectivity index (χ0v) is 14.9. The summed E-state index contributed by atoms with van der Waals surface area (Å²) in [7, 11) is 0. The number of rotatable bonds is 3. The third-order valence-corrected chi connectivity index (χ3v) is 5.10. The lowest BCUT2D eigenvalue weighted by Crippen LogP contribution is -2.31. The zero-order chi connectivity index (χ0) is 19.1. The van der Waals surface area contributed by atoms with Gasteiger partial charge < -0.3 is 9.88 Å². The second kappa shape index (κ2) is 6.67. The van der Waals surface area contributed by atoms with E-state index in [4.69, 9.17) is 0 Å². The first kappa shape index (κ1) is 16.8. The standard InChI is InChI=1S/C21H17F2N5/c22-13-1-3-15(17(23)9-13)20-12-28-11-14(2-4-21(28)27-20)26-19-6-8-25-18-5-7-24-10-16(18)19/h1,3,5-10,12,14H,2,4,11H2,(H,25,26). The number of nitrogens with zero attached hydrogens (tertiary/aromatic N) is 4. The molecule has 5 nitrogen and oxygen atoms in total. The molecule has 0 aliphatic carbocycles. The molecular weight excluding hydrogens is 360 g/mol. The van der Waals surface area contributed by atoms with E-state index in [1.807, 2.05) is 29.1 Å². The minimum atomic E-state index is -0.596. The van der Waals surface area contributed by atoms with Gasteiger partial charge in [0.25, 0.3) is 0 Å². The van der Waals surface area contributed by atoms with Crippen molar-refractivity contribution in [3.8, 4) is 11.3 Å². The molecule has 0 saturated heterocycles. The van der Waals surface area contributed by atoms with Crippen molar-refractivity contribution in [3.63, 3.8) is 0 Å². The second-order valence-corrected chi connectivity index (χ2v) is 6.95. The SMILES string of the molecule is Fc1ccc(-c2cn3c(n2)CCC(Nc2ccnc4ccncc24)C3)c(F)c1. The Morgan fingerprint density at radius 2 is 2.04 bits per heavy atom. The van der Waals surface area contributed by atoms with Crippen LogP contribution < -0.4 is 5.32 Å². The largest absolute Gasteiger partial charge is 0.380 e. The van der Waals surface area contributed by atoms with Gasteiger partial charge in [0.2, 0.25) is 0 Å². The molecule has 0 amide bonds. The average molecular weight is 377 g/mol. The highest BCUT2D eigenvalue weighted by Gasteiger charge is 2.22. The van der Waals surface area contributed by atoms with Crippen molar-refractivity contribution >= 4 is 16.6 Å². The second-order valence-electron chi connectivity index (χ2n) is 6.95. The number of fused-ring (bicyclic) bond motifs is 2. The third-order valence-electron chi connectivity index (χ3n) is 5.10. The van der Waals surface area contributed by atoms with Crippen molar-refractivity contribution in [2.24, 2.45) is 0 Å². The van der Waals surface area contributed by atoms with Crippen LogP contribution in [0.5, 0.6) is 0 Å². The van der Waals surface area contributed by atoms with Gasteiger partial charge in [-0.05, 0) is 30.7 Å². The van der Waals surface area contributed by atoms with Gasteiger partial charge in [0.15, 0.2) is 0 Å². The lowest BCUT2D eigenvalue weighted by molar-refractivity contribution is 0.477. The topological polar surface area (TPSA) is 55.6 Å². The first-order valence-electron chi connectivity index (χ1n) is 9.14. The van der Waals surface area contributed by atoms with E-state index in [1.54, 1.807) is 12.4 Å². The normalized spacial score (nSPS) is 16.1. The Hall–Kier alpha value is -3.35. The van der Waals surface area contributed by atoms with Crippen LogP contribution in [0.25, 0.3) is 22.2 Å². The highest BCUT2D eigenvalue weighted by Crippen LogP contribution is 2.27. The third kappa shape index (κ3) is 2.98. The van der Waals surface area contributed by atoms with Gasteiger partial charge in [-0.2, -0.15) is 0 Å². The van der Waals surface area contributed by atoms with E-state index in [2.05, 4.69) is 20.3 Å². The Kier molecular flexibility index (Phi) is 4.00. The van der Waals surface area contributed by atoms with Crippen LogP contribution in [0, 0.1) is 11.6 Å². The van der Waals surface area contributed by atoms with E-state index in [0.29, 0.717) is 11.3 Å². The maximum absolute atomic E-state index is 14.1. The number of halogens is 2. The van der Waals surface area contributed by atoms with Gasteiger partial charge in [0.05, 0.1) is 11.2 Å². The molecule has 4 heterocycles. The van der Waals surface area contributed by atoms with Crippen LogP contribution in [0.4, 0.5) is 14.5 Å². The van der Waals surface area contributed by atoms with Crippen LogP contribution in [0.2, 0.25) is 0 Å². The molecule has 0 bridgehead atoms. The fraction of sp³-hybridized carbons (Fsp3) is 0.190. The number of hydrogen-bond acceptors (Lipinski definition) is 4. The van der Waals surface area contributed by atoms with Crippen molar-refractivity contribution < 1.29 is 8.78 Å². The van der Waals surface area contributed by atoms with Crippen molar-refractivity contribution in [1.29, 1.82) is 0 Å². The summed E-state index contributed by atoms with van der Waals surface area (Å²) < 4.78 is 29.3. The molecule has 1 N–H and O–H groups in total. The fourth-order valence-electron chi connectivity index (χ4n) is 3.72. The monoisotopic (exact) mass is 377 g/mol. The van der Waals surface area contributed by atoms with Crippen LogP contribution in [-0.2, 0) is 13.0 Å². The average Bonchev–Trinajstić information content (AvgIpc) is 3.11. The smallest absolute Gasteiger partial charge is 0.135 e. The molecule has 0 spiro atoms. The molecular formula is C21H17F2N5. The predicted octanol–water partition coefficient (Wildman–Crippen LogP) is 4.20. The lowest BCUT2D eigenvalue weighted by atomic mass is 10.1. The van der Waals surface area contributed by atoms with Crippen molar-refractivity contribution in [1.82, 2.24) is 19.5 Å². The molecule has 28 heavy (non-hydrogen) atoms. The van der Waals surface area contributed by atoms with E-state index in [-0.39, 0.29) is 6.04 Å². The van der Waals surface area contributed by atoms with Crippen LogP contribution in [0.3, 0.4) is 0 Å². The summed E-state index contributed by atoms with van der Waals surface area (Å²) in [6.07, 6.45) is 8.85. The van der Waals surface area contributed by atoms with Gasteiger partial charge in [-0.15, -0.1) is 0 Å². The maximum atomic E-state index is 14.1. The molecule has 5 rings (SSSR count). The summed E-state index contributed by atoms with van der Waals surface area (Å²) in [6, 6.07) is 7.62. The number of benzene rings is 1. The molecule has 0 fully saturated rings. The van der Waals surface area contributed by atoms with Gasteiger partial charge in [-0.1, -0.05) is 0 Å². The van der Waals surface area contributed by atoms with Crippen LogP contribution >= 0.6 is 0 Å². The van der Waals surface area contributed by atoms with Gasteiger partial charge in [-0.25, -0.2) is 13.8 Å². The number of pyridine rings is 2. The number of aromatic nitrogens is 4. The highest BCUT2D eigenvalue weighted by atomic mass is 19.1. The molecule has 1 aliphatic rings. The number of nitrogens with one attached hydrogen (secondary N) is 1. The Morgan fingerprint density at radius 1 is 1.11 bits per heavy atom. The minimum Gasteiger partial charge on any atom is -0.380 e. The quantitative estimate of drug-likeness (QED) is 0.581.